The van der Waals surface area contributed by atoms with Gasteiger partial charge < -0.3 is 10.5 Å². The molecule has 0 amide bonds. The van der Waals surface area contributed by atoms with Crippen LogP contribution >= 0.6 is 11.6 Å². The molecule has 0 bridgehead atoms. The molecule has 1 aromatic carbocycles. The van der Waals surface area contributed by atoms with Gasteiger partial charge in [-0.1, -0.05) is 17.7 Å². The molecule has 0 saturated carbocycles. The van der Waals surface area contributed by atoms with Gasteiger partial charge in [-0.15, -0.1) is 0 Å². The lowest BCUT2D eigenvalue weighted by molar-refractivity contribution is 0.443. The molecule has 2 aromatic rings. The van der Waals surface area contributed by atoms with Crippen LogP contribution in [0.5, 0.6) is 11.8 Å². The van der Waals surface area contributed by atoms with Crippen molar-refractivity contribution in [2.45, 2.75) is 6.92 Å². The molecule has 5 heteroatoms. The van der Waals surface area contributed by atoms with Gasteiger partial charge in [0.2, 0.25) is 0 Å². The predicted molar refractivity (Wildman–Crippen MR) is 62.7 cm³/mol. The Balaban J connectivity index is 2.26. The van der Waals surface area contributed by atoms with Crippen molar-refractivity contribution in [1.29, 1.82) is 0 Å². The summed E-state index contributed by atoms with van der Waals surface area (Å²) in [5.41, 5.74) is 7.36. The minimum absolute atomic E-state index is 0.224. The third-order valence-corrected chi connectivity index (χ3v) is 2.16. The number of nitrogen functional groups attached to an aromatic ring is 1. The van der Waals surface area contributed by atoms with Crippen molar-refractivity contribution in [3.05, 3.63) is 41.2 Å². The molecule has 4 nitrogen and oxygen atoms in total. The monoisotopic (exact) mass is 235 g/mol. The number of rotatable bonds is 2. The molecule has 2 N–H and O–H groups in total. The van der Waals surface area contributed by atoms with Crippen LogP contribution in [0.4, 0.5) is 5.69 Å². The maximum absolute atomic E-state index is 5.76. The van der Waals surface area contributed by atoms with Crippen molar-refractivity contribution in [3.8, 4) is 11.8 Å². The first kappa shape index (κ1) is 10.7. The molecule has 1 heterocycles. The fourth-order valence-electron chi connectivity index (χ4n) is 1.18. The number of ether oxygens (including phenoxy) is 1. The van der Waals surface area contributed by atoms with Crippen molar-refractivity contribution in [2.75, 3.05) is 5.73 Å². The zero-order chi connectivity index (χ0) is 11.5. The van der Waals surface area contributed by atoms with E-state index in [1.807, 2.05) is 19.1 Å². The summed E-state index contributed by atoms with van der Waals surface area (Å²) in [5.74, 6) is 0.544. The molecule has 0 atom stereocenters. The van der Waals surface area contributed by atoms with Crippen LogP contribution in [0.15, 0.2) is 30.6 Å². The standard InChI is InChI=1S/C11H10ClN3O/c1-7-2-3-9(13)10(4-7)16-11-14-5-8(12)6-15-11/h2-6H,13H2,1H3. The quantitative estimate of drug-likeness (QED) is 0.813. The molecular weight excluding hydrogens is 226 g/mol. The molecule has 0 aliphatic carbocycles. The Morgan fingerprint density at radius 1 is 1.25 bits per heavy atom. The minimum atomic E-state index is 0.224. The first-order valence-corrected chi connectivity index (χ1v) is 5.04. The van der Waals surface area contributed by atoms with Gasteiger partial charge in [0.05, 0.1) is 23.1 Å². The van der Waals surface area contributed by atoms with Crippen molar-refractivity contribution in [1.82, 2.24) is 9.97 Å². The van der Waals surface area contributed by atoms with E-state index < -0.39 is 0 Å². The van der Waals surface area contributed by atoms with Crippen LogP contribution in [0.25, 0.3) is 0 Å². The van der Waals surface area contributed by atoms with Gasteiger partial charge >= 0.3 is 6.01 Å². The first-order chi connectivity index (χ1) is 7.65. The van der Waals surface area contributed by atoms with Crippen molar-refractivity contribution in [2.24, 2.45) is 0 Å². The van der Waals surface area contributed by atoms with Gasteiger partial charge in [-0.3, -0.25) is 0 Å². The Morgan fingerprint density at radius 3 is 2.62 bits per heavy atom. The summed E-state index contributed by atoms with van der Waals surface area (Å²) >= 11 is 5.67. The van der Waals surface area contributed by atoms with Gasteiger partial charge in [0.25, 0.3) is 0 Å². The van der Waals surface area contributed by atoms with Crippen LogP contribution in [0.3, 0.4) is 0 Å². The van der Waals surface area contributed by atoms with Gasteiger partial charge in [0, 0.05) is 0 Å². The Hall–Kier alpha value is -1.81. The molecule has 0 radical (unpaired) electrons. The number of aromatic nitrogens is 2. The smallest absolute Gasteiger partial charge is 0.322 e. The van der Waals surface area contributed by atoms with Crippen LogP contribution in [0, 0.1) is 6.92 Å². The summed E-state index contributed by atoms with van der Waals surface area (Å²) < 4.78 is 5.44. The average molecular weight is 236 g/mol. The molecule has 16 heavy (non-hydrogen) atoms. The van der Waals surface area contributed by atoms with Crippen molar-refractivity contribution in [3.63, 3.8) is 0 Å². The molecular formula is C11H10ClN3O. The second kappa shape index (κ2) is 4.37. The lowest BCUT2D eigenvalue weighted by Gasteiger charge is -2.07. The van der Waals surface area contributed by atoms with Crippen LogP contribution in [0.2, 0.25) is 5.02 Å². The SMILES string of the molecule is Cc1ccc(N)c(Oc2ncc(Cl)cn2)c1. The highest BCUT2D eigenvalue weighted by atomic mass is 35.5. The van der Waals surface area contributed by atoms with Crippen LogP contribution in [-0.2, 0) is 0 Å². The Kier molecular flexibility index (Phi) is 2.92. The Labute approximate surface area is 98.0 Å². The molecule has 1 aromatic heterocycles. The number of hydrogen-bond acceptors (Lipinski definition) is 4. The highest BCUT2D eigenvalue weighted by Gasteiger charge is 2.04. The lowest BCUT2D eigenvalue weighted by atomic mass is 10.2. The molecule has 0 unspecified atom stereocenters. The van der Waals surface area contributed by atoms with E-state index in [9.17, 15) is 0 Å². The topological polar surface area (TPSA) is 61.0 Å². The molecule has 0 saturated heterocycles. The fraction of sp³-hybridized carbons (Fsp3) is 0.0909. The minimum Gasteiger partial charge on any atom is -0.422 e. The van der Waals surface area contributed by atoms with E-state index in [0.717, 1.165) is 5.56 Å². The van der Waals surface area contributed by atoms with Gasteiger partial charge in [0.1, 0.15) is 0 Å². The van der Waals surface area contributed by atoms with Crippen molar-refractivity contribution < 1.29 is 4.74 Å². The highest BCUT2D eigenvalue weighted by molar-refractivity contribution is 6.30. The second-order valence-electron chi connectivity index (χ2n) is 3.33. The molecule has 82 valence electrons. The number of benzene rings is 1. The number of aryl methyl sites for hydroxylation is 1. The number of nitrogens with two attached hydrogens (primary N) is 1. The number of hydrogen-bond donors (Lipinski definition) is 1. The van der Waals surface area contributed by atoms with Gasteiger partial charge in [-0.25, -0.2) is 9.97 Å². The molecule has 0 aliphatic rings. The van der Waals surface area contributed by atoms with Gasteiger partial charge in [-0.2, -0.15) is 0 Å². The number of anilines is 1. The maximum atomic E-state index is 5.76. The number of halogens is 1. The Bertz CT molecular complexity index is 499. The second-order valence-corrected chi connectivity index (χ2v) is 3.76. The summed E-state index contributed by atoms with van der Waals surface area (Å²) in [6, 6.07) is 5.74. The van der Waals surface area contributed by atoms with E-state index in [2.05, 4.69) is 9.97 Å². The van der Waals surface area contributed by atoms with Crippen molar-refractivity contribution >= 4 is 17.3 Å². The largest absolute Gasteiger partial charge is 0.422 e. The van der Waals surface area contributed by atoms with E-state index in [0.29, 0.717) is 16.5 Å². The molecule has 0 spiro atoms. The van der Waals surface area contributed by atoms with Gasteiger partial charge in [0.15, 0.2) is 5.75 Å². The third kappa shape index (κ3) is 2.41. The summed E-state index contributed by atoms with van der Waals surface area (Å²) in [4.78, 5) is 7.85. The summed E-state index contributed by atoms with van der Waals surface area (Å²) in [6.45, 7) is 1.95. The normalized spacial score (nSPS) is 10.1. The highest BCUT2D eigenvalue weighted by Crippen LogP contribution is 2.26. The molecule has 2 rings (SSSR count). The number of nitrogens with zero attached hydrogens (tertiary/aromatic N) is 2. The van der Waals surface area contributed by atoms with E-state index in [1.54, 1.807) is 6.07 Å². The third-order valence-electron chi connectivity index (χ3n) is 1.97. The van der Waals surface area contributed by atoms with Gasteiger partial charge in [-0.05, 0) is 24.6 Å². The van der Waals surface area contributed by atoms with E-state index >= 15 is 0 Å². The first-order valence-electron chi connectivity index (χ1n) is 4.66. The summed E-state index contributed by atoms with van der Waals surface area (Å²) in [5, 5.41) is 0.463. The fourth-order valence-corrected chi connectivity index (χ4v) is 1.28. The summed E-state index contributed by atoms with van der Waals surface area (Å²) in [6.07, 6.45) is 2.94. The molecule has 0 aliphatic heterocycles. The van der Waals surface area contributed by atoms with Crippen LogP contribution in [0.1, 0.15) is 5.56 Å². The summed E-state index contributed by atoms with van der Waals surface area (Å²) in [7, 11) is 0. The maximum Gasteiger partial charge on any atom is 0.322 e. The zero-order valence-electron chi connectivity index (χ0n) is 8.64. The molecule has 0 fully saturated rings. The van der Waals surface area contributed by atoms with Crippen LogP contribution in [-0.4, -0.2) is 9.97 Å². The van der Waals surface area contributed by atoms with E-state index in [1.165, 1.54) is 12.4 Å². The average Bonchev–Trinajstić information content (AvgIpc) is 2.27. The lowest BCUT2D eigenvalue weighted by Crippen LogP contribution is -1.95. The van der Waals surface area contributed by atoms with E-state index in [4.69, 9.17) is 22.1 Å². The zero-order valence-corrected chi connectivity index (χ0v) is 9.40. The Morgan fingerprint density at radius 2 is 1.94 bits per heavy atom. The predicted octanol–water partition coefficient (Wildman–Crippen LogP) is 2.81. The van der Waals surface area contributed by atoms with Crippen LogP contribution < -0.4 is 10.5 Å². The van der Waals surface area contributed by atoms with E-state index in [-0.39, 0.29) is 6.01 Å².